The fourth-order valence-electron chi connectivity index (χ4n) is 11.7. The summed E-state index contributed by atoms with van der Waals surface area (Å²) in [5, 5.41) is 8.28. The first-order chi connectivity index (χ1) is 32.5. The predicted octanol–water partition coefficient (Wildman–Crippen LogP) is 14.2. The van der Waals surface area contributed by atoms with Gasteiger partial charge in [-0.3, -0.25) is 0 Å². The molecule has 66 heavy (non-hydrogen) atoms. The molecule has 2 aliphatic rings. The van der Waals surface area contributed by atoms with Crippen LogP contribution in [0.25, 0.3) is 53.6 Å². The van der Waals surface area contributed by atoms with Crippen molar-refractivity contribution in [2.45, 2.75) is 19.3 Å². The quantitative estimate of drug-likeness (QED) is 0.144. The molecule has 1 aromatic heterocycles. The molecule has 0 saturated heterocycles. The zero-order chi connectivity index (χ0) is 44.0. The molecule has 10 aromatic carbocycles. The van der Waals surface area contributed by atoms with Crippen LogP contribution in [0.5, 0.6) is 0 Å². The number of anilines is 3. The van der Waals surface area contributed by atoms with Gasteiger partial charge in [0.2, 0.25) is 0 Å². The molecule has 2 heterocycles. The first-order valence-electron chi connectivity index (χ1n) is 23.0. The lowest BCUT2D eigenvalue weighted by Gasteiger charge is -2.34. The molecule has 0 spiro atoms. The minimum Gasteiger partial charge on any atom is -0.310 e. The van der Waals surface area contributed by atoms with Gasteiger partial charge in [0.15, 0.2) is 8.07 Å². The van der Waals surface area contributed by atoms with E-state index >= 15 is 0 Å². The van der Waals surface area contributed by atoms with Gasteiger partial charge in [0.1, 0.15) is 0 Å². The number of nitrogens with zero attached hydrogens (tertiary/aromatic N) is 1. The summed E-state index contributed by atoms with van der Waals surface area (Å²) in [7, 11) is -2.92. The monoisotopic (exact) mass is 875 g/mol. The highest BCUT2D eigenvalue weighted by Crippen LogP contribution is 2.54. The smallest absolute Gasteiger partial charge is 0.180 e. The van der Waals surface area contributed by atoms with Crippen LogP contribution in [-0.4, -0.2) is 8.07 Å². The lowest BCUT2D eigenvalue weighted by atomic mass is 9.74. The molecule has 11 aromatic rings. The Bertz CT molecular complexity index is 3690. The Labute approximate surface area is 391 Å². The van der Waals surface area contributed by atoms with Crippen molar-refractivity contribution in [1.82, 2.24) is 0 Å². The number of thiophene rings is 1. The first-order valence-corrected chi connectivity index (χ1v) is 25.8. The highest BCUT2D eigenvalue weighted by molar-refractivity contribution is 7.26. The average Bonchev–Trinajstić information content (AvgIpc) is 3.99. The molecule has 1 nitrogen and oxygen atoms in total. The Morgan fingerprint density at radius 2 is 1.02 bits per heavy atom. The van der Waals surface area contributed by atoms with Crippen LogP contribution in [0, 0.1) is 6.92 Å². The molecule has 1 aliphatic heterocycles. The minimum atomic E-state index is -2.92. The van der Waals surface area contributed by atoms with Gasteiger partial charge >= 0.3 is 0 Å². The van der Waals surface area contributed by atoms with Gasteiger partial charge < -0.3 is 4.90 Å². The molecule has 0 bridgehead atoms. The second-order valence-corrected chi connectivity index (χ2v) is 23.0. The zero-order valence-electron chi connectivity index (χ0n) is 36.9. The molecule has 0 N–H and O–H groups in total. The van der Waals surface area contributed by atoms with E-state index in [9.17, 15) is 0 Å². The van der Waals surface area contributed by atoms with Gasteiger partial charge in [-0.15, -0.1) is 11.3 Å². The van der Waals surface area contributed by atoms with Gasteiger partial charge in [-0.25, -0.2) is 0 Å². The summed E-state index contributed by atoms with van der Waals surface area (Å²) in [6, 6.07) is 89.5. The van der Waals surface area contributed by atoms with Crippen LogP contribution in [0.3, 0.4) is 0 Å². The average molecular weight is 876 g/mol. The number of hydrogen-bond donors (Lipinski definition) is 0. The number of fused-ring (bicyclic) bond motifs is 9. The predicted molar refractivity (Wildman–Crippen MR) is 284 cm³/mol. The normalized spacial score (nSPS) is 16.8. The lowest BCUT2D eigenvalue weighted by Crippen LogP contribution is -2.73. The number of rotatable bonds is 7. The van der Waals surface area contributed by atoms with E-state index in [4.69, 9.17) is 0 Å². The molecule has 0 fully saturated rings. The maximum Gasteiger partial charge on any atom is 0.180 e. The van der Waals surface area contributed by atoms with Crippen molar-refractivity contribution < 1.29 is 0 Å². The van der Waals surface area contributed by atoms with E-state index in [0.29, 0.717) is 0 Å². The second-order valence-electron chi connectivity index (χ2n) is 18.2. The summed E-state index contributed by atoms with van der Waals surface area (Å²) >= 11 is 1.88. The van der Waals surface area contributed by atoms with Crippen molar-refractivity contribution in [3.8, 4) is 33.4 Å². The van der Waals surface area contributed by atoms with Crippen molar-refractivity contribution in [2.75, 3.05) is 4.90 Å². The van der Waals surface area contributed by atoms with Crippen LogP contribution in [0.15, 0.2) is 237 Å². The fourth-order valence-corrected chi connectivity index (χ4v) is 18.1. The maximum absolute atomic E-state index is 2.92. The highest BCUT2D eigenvalue weighted by atomic mass is 32.1. The van der Waals surface area contributed by atoms with Crippen LogP contribution >= 0.6 is 11.3 Å². The zero-order valence-corrected chi connectivity index (χ0v) is 38.7. The molecule has 3 heteroatoms. The van der Waals surface area contributed by atoms with Crippen LogP contribution < -0.4 is 25.6 Å². The highest BCUT2D eigenvalue weighted by Gasteiger charge is 2.49. The first kappa shape index (κ1) is 38.9. The molecule has 0 amide bonds. The van der Waals surface area contributed by atoms with E-state index < -0.39 is 8.07 Å². The Morgan fingerprint density at radius 3 is 1.85 bits per heavy atom. The molecule has 0 radical (unpaired) electrons. The lowest BCUT2D eigenvalue weighted by molar-refractivity contribution is 0.714. The van der Waals surface area contributed by atoms with Crippen molar-refractivity contribution in [3.63, 3.8) is 0 Å². The van der Waals surface area contributed by atoms with Gasteiger partial charge in [0.05, 0.1) is 0 Å². The topological polar surface area (TPSA) is 3.24 Å². The van der Waals surface area contributed by atoms with Crippen molar-refractivity contribution >= 4 is 77.4 Å². The largest absolute Gasteiger partial charge is 0.310 e. The Balaban J connectivity index is 1.08. The minimum absolute atomic E-state index is 0.333. The van der Waals surface area contributed by atoms with E-state index in [-0.39, 0.29) is 5.41 Å². The van der Waals surface area contributed by atoms with Crippen LogP contribution in [0.4, 0.5) is 17.1 Å². The van der Waals surface area contributed by atoms with E-state index in [2.05, 4.69) is 255 Å². The number of aryl methyl sites for hydroxylation is 1. The van der Waals surface area contributed by atoms with Crippen molar-refractivity contribution in [2.24, 2.45) is 0 Å². The molecule has 2 unspecified atom stereocenters. The molecule has 1 aliphatic carbocycles. The van der Waals surface area contributed by atoms with Crippen LogP contribution in [-0.2, 0) is 5.41 Å². The van der Waals surface area contributed by atoms with Crippen LogP contribution in [0.1, 0.15) is 29.2 Å². The summed E-state index contributed by atoms with van der Waals surface area (Å²) in [5.74, 6) is 0. The second kappa shape index (κ2) is 15.0. The summed E-state index contributed by atoms with van der Waals surface area (Å²) in [6.45, 7) is 4.71. The van der Waals surface area contributed by atoms with Crippen molar-refractivity contribution in [1.29, 1.82) is 0 Å². The summed E-state index contributed by atoms with van der Waals surface area (Å²) in [6.07, 6.45) is 0. The molecular weight excluding hydrogens is 831 g/mol. The van der Waals surface area contributed by atoms with E-state index in [1.807, 2.05) is 11.3 Å². The molecule has 312 valence electrons. The van der Waals surface area contributed by atoms with Gasteiger partial charge in [0, 0.05) is 42.6 Å². The van der Waals surface area contributed by atoms with Gasteiger partial charge in [-0.2, -0.15) is 0 Å². The third-order valence-electron chi connectivity index (χ3n) is 14.6. The van der Waals surface area contributed by atoms with Crippen molar-refractivity contribution in [3.05, 3.63) is 259 Å². The molecular formula is C63H45NSSi. The molecule has 13 rings (SSSR count). The fraction of sp³-hybridized carbons (Fsp3) is 0.0476. The van der Waals surface area contributed by atoms with Gasteiger partial charge in [-0.05, 0) is 133 Å². The van der Waals surface area contributed by atoms with E-state index in [1.165, 1.54) is 96.6 Å². The summed E-state index contributed by atoms with van der Waals surface area (Å²) in [4.78, 5) is 2.55. The molecule has 2 atom stereocenters. The third kappa shape index (κ3) is 5.70. The van der Waals surface area contributed by atoms with Gasteiger partial charge in [-0.1, -0.05) is 194 Å². The maximum atomic E-state index is 2.56. The Hall–Kier alpha value is -7.56. The van der Waals surface area contributed by atoms with E-state index in [0.717, 1.165) is 17.1 Å². The number of hydrogen-bond acceptors (Lipinski definition) is 2. The van der Waals surface area contributed by atoms with Gasteiger partial charge in [0.25, 0.3) is 0 Å². The summed E-state index contributed by atoms with van der Waals surface area (Å²) < 4.78 is 2.60. The standard InChI is InChI=1S/C63H45NSSi/c1-42-36-48(39-50(37-42)66(49-22-10-5-11-23-49)61-29-17-14-26-55(61)56-33-30-44(38-62(56)66)43-18-6-3-7-19-43)64(47-32-35-54-53-25-13-16-28-59(53)65-60(54)41-47)46-31-34-52-51-24-12-15-27-57(51)63(2,58(52)40-46)45-20-8-4-9-21-45/h3-41H,1-2H3. The van der Waals surface area contributed by atoms with E-state index in [1.54, 1.807) is 0 Å². The number of benzene rings is 10. The Morgan fingerprint density at radius 1 is 0.394 bits per heavy atom. The van der Waals surface area contributed by atoms with Crippen LogP contribution in [0.2, 0.25) is 0 Å². The SMILES string of the molecule is Cc1cc(N(c2ccc3c(c2)C(C)(c2ccccc2)c2ccccc2-3)c2ccc3c(c2)sc2ccccc23)cc([Si]2(c3ccccc3)c3ccccc3-c3ccc(-c4ccccc4)cc32)c1. The third-order valence-corrected chi connectivity index (χ3v) is 20.6. The Kier molecular flexibility index (Phi) is 8.83. The molecule has 0 saturated carbocycles. The summed E-state index contributed by atoms with van der Waals surface area (Å²) in [5.41, 5.74) is 16.1.